The number of pyridine rings is 1. The van der Waals surface area contributed by atoms with Crippen LogP contribution in [0.25, 0.3) is 0 Å². The van der Waals surface area contributed by atoms with Crippen LogP contribution in [0.1, 0.15) is 5.69 Å². The zero-order valence-electron chi connectivity index (χ0n) is 11.7. The molecule has 0 spiro atoms. The van der Waals surface area contributed by atoms with E-state index in [4.69, 9.17) is 0 Å². The Labute approximate surface area is 127 Å². The number of hydrogen-bond acceptors (Lipinski definition) is 4. The molecule has 2 N–H and O–H groups in total. The lowest BCUT2D eigenvalue weighted by atomic mass is 10.3. The van der Waals surface area contributed by atoms with Gasteiger partial charge in [0, 0.05) is 16.3 Å². The Morgan fingerprint density at radius 1 is 1.05 bits per heavy atom. The Hall–Kier alpha value is -2.34. The number of carbonyl (C=O) groups is 2. The minimum absolute atomic E-state index is 0.355. The number of benzene rings is 1. The molecule has 0 bridgehead atoms. The molecule has 0 saturated carbocycles. The smallest absolute Gasteiger partial charge is 0.315 e. The predicted molar refractivity (Wildman–Crippen MR) is 84.5 cm³/mol. The molecule has 5 nitrogen and oxygen atoms in total. The van der Waals surface area contributed by atoms with Crippen molar-refractivity contribution in [1.82, 2.24) is 4.98 Å². The van der Waals surface area contributed by atoms with Gasteiger partial charge in [0.25, 0.3) is 0 Å². The van der Waals surface area contributed by atoms with Gasteiger partial charge < -0.3 is 10.6 Å². The highest BCUT2D eigenvalue weighted by molar-refractivity contribution is 7.98. The monoisotopic (exact) mass is 301 g/mol. The van der Waals surface area contributed by atoms with E-state index in [1.165, 1.54) is 0 Å². The van der Waals surface area contributed by atoms with E-state index in [9.17, 15) is 9.59 Å². The first kappa shape index (κ1) is 15.1. The number of hydrogen-bond donors (Lipinski definition) is 2. The molecule has 0 radical (unpaired) electrons. The predicted octanol–water partition coefficient (Wildman–Crippen LogP) is 2.69. The molecule has 0 atom stereocenters. The Balaban J connectivity index is 2.01. The highest BCUT2D eigenvalue weighted by Crippen LogP contribution is 2.18. The fraction of sp³-hybridized carbons (Fsp3) is 0.133. The van der Waals surface area contributed by atoms with Crippen molar-refractivity contribution in [1.29, 1.82) is 0 Å². The summed E-state index contributed by atoms with van der Waals surface area (Å²) >= 11 is 1.56. The molecule has 1 aromatic carbocycles. The fourth-order valence-electron chi connectivity index (χ4n) is 1.67. The first-order valence-corrected chi connectivity index (χ1v) is 7.51. The van der Waals surface area contributed by atoms with Crippen LogP contribution in [0.4, 0.5) is 11.5 Å². The second-order valence-electron chi connectivity index (χ2n) is 4.30. The Bertz CT molecular complexity index is 673. The van der Waals surface area contributed by atoms with Crippen LogP contribution in [0, 0.1) is 6.92 Å². The Kier molecular flexibility index (Phi) is 4.94. The van der Waals surface area contributed by atoms with Gasteiger partial charge in [-0.15, -0.1) is 11.8 Å². The molecule has 0 saturated heterocycles. The summed E-state index contributed by atoms with van der Waals surface area (Å²) in [5.41, 5.74) is 1.35. The zero-order chi connectivity index (χ0) is 15.2. The van der Waals surface area contributed by atoms with Gasteiger partial charge in [0.15, 0.2) is 0 Å². The van der Waals surface area contributed by atoms with Crippen molar-refractivity contribution < 1.29 is 9.59 Å². The largest absolute Gasteiger partial charge is 0.318 e. The quantitative estimate of drug-likeness (QED) is 0.675. The van der Waals surface area contributed by atoms with Gasteiger partial charge in [-0.05, 0) is 43.5 Å². The minimum atomic E-state index is -0.748. The van der Waals surface area contributed by atoms with E-state index in [0.717, 1.165) is 10.6 Å². The lowest BCUT2D eigenvalue weighted by Gasteiger charge is -2.07. The van der Waals surface area contributed by atoms with Gasteiger partial charge in [-0.2, -0.15) is 0 Å². The van der Waals surface area contributed by atoms with Gasteiger partial charge in [0.05, 0.1) is 0 Å². The molecule has 6 heteroatoms. The molecule has 21 heavy (non-hydrogen) atoms. The van der Waals surface area contributed by atoms with Crippen LogP contribution in [0.15, 0.2) is 47.4 Å². The Morgan fingerprint density at radius 2 is 1.76 bits per heavy atom. The van der Waals surface area contributed by atoms with Crippen LogP contribution >= 0.6 is 11.8 Å². The molecule has 0 aliphatic heterocycles. The molecular weight excluding hydrogens is 286 g/mol. The summed E-state index contributed by atoms with van der Waals surface area (Å²) in [6.45, 7) is 1.81. The summed E-state index contributed by atoms with van der Waals surface area (Å²) in [6, 6.07) is 12.5. The van der Waals surface area contributed by atoms with Gasteiger partial charge in [0.1, 0.15) is 5.82 Å². The summed E-state index contributed by atoms with van der Waals surface area (Å²) in [5, 5.41) is 5.02. The van der Waals surface area contributed by atoms with Gasteiger partial charge >= 0.3 is 11.8 Å². The van der Waals surface area contributed by atoms with Crippen LogP contribution in [0.2, 0.25) is 0 Å². The van der Waals surface area contributed by atoms with Crippen LogP contribution in [0.3, 0.4) is 0 Å². The average molecular weight is 301 g/mol. The number of nitrogens with one attached hydrogen (secondary N) is 2. The zero-order valence-corrected chi connectivity index (χ0v) is 12.5. The molecule has 0 unspecified atom stereocenters. The lowest BCUT2D eigenvalue weighted by Crippen LogP contribution is -2.29. The van der Waals surface area contributed by atoms with Gasteiger partial charge in [-0.1, -0.05) is 12.1 Å². The van der Waals surface area contributed by atoms with Crippen molar-refractivity contribution in [3.8, 4) is 0 Å². The third kappa shape index (κ3) is 4.32. The van der Waals surface area contributed by atoms with Gasteiger partial charge in [0.2, 0.25) is 0 Å². The molecule has 2 rings (SSSR count). The second-order valence-corrected chi connectivity index (χ2v) is 5.18. The topological polar surface area (TPSA) is 71.1 Å². The van der Waals surface area contributed by atoms with Crippen LogP contribution in [-0.4, -0.2) is 23.1 Å². The Morgan fingerprint density at radius 3 is 2.48 bits per heavy atom. The third-order valence-corrected chi connectivity index (χ3v) is 3.39. The highest BCUT2D eigenvalue weighted by atomic mass is 32.2. The minimum Gasteiger partial charge on any atom is -0.318 e. The normalized spacial score (nSPS) is 10.0. The number of rotatable bonds is 3. The number of aromatic nitrogens is 1. The number of aryl methyl sites for hydroxylation is 1. The van der Waals surface area contributed by atoms with E-state index in [2.05, 4.69) is 15.6 Å². The van der Waals surface area contributed by atoms with E-state index in [0.29, 0.717) is 11.5 Å². The van der Waals surface area contributed by atoms with Crippen molar-refractivity contribution in [3.63, 3.8) is 0 Å². The first-order valence-electron chi connectivity index (χ1n) is 6.28. The number of thioether (sulfide) groups is 1. The molecule has 1 aromatic heterocycles. The van der Waals surface area contributed by atoms with Crippen molar-refractivity contribution in [2.24, 2.45) is 0 Å². The lowest BCUT2D eigenvalue weighted by molar-refractivity contribution is -0.133. The molecule has 0 fully saturated rings. The fourth-order valence-corrected chi connectivity index (χ4v) is 2.13. The molecular formula is C15H15N3O2S. The van der Waals surface area contributed by atoms with Crippen LogP contribution in [0.5, 0.6) is 0 Å². The SMILES string of the molecule is CSc1cccc(NC(=O)C(=O)Nc2cccc(C)n2)c1. The third-order valence-electron chi connectivity index (χ3n) is 2.66. The maximum atomic E-state index is 11.8. The maximum absolute atomic E-state index is 11.8. The van der Waals surface area contributed by atoms with Crippen LogP contribution < -0.4 is 10.6 Å². The summed E-state index contributed by atoms with van der Waals surface area (Å²) in [5.74, 6) is -1.12. The van der Waals surface area contributed by atoms with Crippen LogP contribution in [-0.2, 0) is 9.59 Å². The molecule has 108 valence electrons. The van der Waals surface area contributed by atoms with Gasteiger partial charge in [-0.25, -0.2) is 4.98 Å². The molecule has 1 heterocycles. The van der Waals surface area contributed by atoms with E-state index in [1.807, 2.05) is 31.4 Å². The number of nitrogens with zero attached hydrogens (tertiary/aromatic N) is 1. The van der Waals surface area contributed by atoms with Crippen molar-refractivity contribution >= 4 is 35.1 Å². The van der Waals surface area contributed by atoms with E-state index >= 15 is 0 Å². The maximum Gasteiger partial charge on any atom is 0.315 e. The molecule has 0 aliphatic carbocycles. The van der Waals surface area contributed by atoms with Crippen molar-refractivity contribution in [2.45, 2.75) is 11.8 Å². The van der Waals surface area contributed by atoms with Crippen molar-refractivity contribution in [2.75, 3.05) is 16.9 Å². The van der Waals surface area contributed by atoms with E-state index in [1.54, 1.807) is 36.0 Å². The highest BCUT2D eigenvalue weighted by Gasteiger charge is 2.14. The standard InChI is InChI=1S/C15H15N3O2S/c1-10-5-3-8-13(16-10)18-15(20)14(19)17-11-6-4-7-12(9-11)21-2/h3-9H,1-2H3,(H,17,19)(H,16,18,20). The van der Waals surface area contributed by atoms with E-state index < -0.39 is 11.8 Å². The number of amides is 2. The summed E-state index contributed by atoms with van der Waals surface area (Å²) in [7, 11) is 0. The molecule has 2 amide bonds. The number of anilines is 2. The number of carbonyl (C=O) groups excluding carboxylic acids is 2. The first-order chi connectivity index (χ1) is 10.1. The van der Waals surface area contributed by atoms with Gasteiger partial charge in [-0.3, -0.25) is 9.59 Å². The summed E-state index contributed by atoms with van der Waals surface area (Å²) in [6.07, 6.45) is 1.94. The average Bonchev–Trinajstić information content (AvgIpc) is 2.47. The second kappa shape index (κ2) is 6.90. The van der Waals surface area contributed by atoms with E-state index in [-0.39, 0.29) is 0 Å². The summed E-state index contributed by atoms with van der Waals surface area (Å²) < 4.78 is 0. The molecule has 0 aliphatic rings. The summed E-state index contributed by atoms with van der Waals surface area (Å²) in [4.78, 5) is 28.8. The van der Waals surface area contributed by atoms with Crippen molar-refractivity contribution in [3.05, 3.63) is 48.2 Å². The molecule has 2 aromatic rings.